The average molecular weight is 225 g/mol. The van der Waals surface area contributed by atoms with Crippen molar-refractivity contribution in [3.05, 3.63) is 24.5 Å². The molecule has 0 atom stereocenters. The van der Waals surface area contributed by atoms with E-state index in [9.17, 15) is 4.79 Å². The number of carbonyl (C=O) groups is 1. The van der Waals surface area contributed by atoms with Crippen molar-refractivity contribution in [3.63, 3.8) is 0 Å². The number of hydrogen-bond acceptors (Lipinski definition) is 4. The summed E-state index contributed by atoms with van der Waals surface area (Å²) in [5.41, 5.74) is 0. The van der Waals surface area contributed by atoms with E-state index in [1.54, 1.807) is 12.4 Å². The van der Waals surface area contributed by atoms with E-state index >= 15 is 0 Å². The maximum absolute atomic E-state index is 11.2. The summed E-state index contributed by atoms with van der Waals surface area (Å²) in [6.07, 6.45) is 5.41. The SMILES string of the molecule is CCCCOC(=O)CSc1ccncc1. The molecule has 0 bridgehead atoms. The molecule has 1 heterocycles. The highest BCUT2D eigenvalue weighted by Gasteiger charge is 2.03. The monoisotopic (exact) mass is 225 g/mol. The highest BCUT2D eigenvalue weighted by atomic mass is 32.2. The average Bonchev–Trinajstić information content (AvgIpc) is 2.28. The number of unbranched alkanes of at least 4 members (excludes halogenated alkanes) is 1. The number of carbonyl (C=O) groups excluding carboxylic acids is 1. The van der Waals surface area contributed by atoms with Gasteiger partial charge in [0.05, 0.1) is 12.4 Å². The lowest BCUT2D eigenvalue weighted by molar-refractivity contribution is -0.140. The highest BCUT2D eigenvalue weighted by Crippen LogP contribution is 2.15. The van der Waals surface area contributed by atoms with Gasteiger partial charge in [0.25, 0.3) is 0 Å². The van der Waals surface area contributed by atoms with Crippen LogP contribution in [0.15, 0.2) is 29.4 Å². The summed E-state index contributed by atoms with van der Waals surface area (Å²) in [7, 11) is 0. The van der Waals surface area contributed by atoms with Crippen molar-refractivity contribution in [3.8, 4) is 0 Å². The third kappa shape index (κ3) is 5.42. The number of nitrogens with zero attached hydrogens (tertiary/aromatic N) is 1. The number of hydrogen-bond donors (Lipinski definition) is 0. The van der Waals surface area contributed by atoms with Crippen molar-refractivity contribution >= 4 is 17.7 Å². The van der Waals surface area contributed by atoms with Gasteiger partial charge in [0.1, 0.15) is 0 Å². The molecule has 15 heavy (non-hydrogen) atoms. The van der Waals surface area contributed by atoms with E-state index in [0.29, 0.717) is 12.4 Å². The van der Waals surface area contributed by atoms with Gasteiger partial charge in [0.2, 0.25) is 0 Å². The summed E-state index contributed by atoms with van der Waals surface area (Å²) in [5, 5.41) is 0. The van der Waals surface area contributed by atoms with Crippen LogP contribution in [0.3, 0.4) is 0 Å². The maximum Gasteiger partial charge on any atom is 0.316 e. The molecular weight excluding hydrogens is 210 g/mol. The Hall–Kier alpha value is -1.03. The molecule has 0 saturated carbocycles. The predicted octanol–water partition coefficient (Wildman–Crippen LogP) is 2.52. The minimum Gasteiger partial charge on any atom is -0.465 e. The molecular formula is C11H15NO2S. The molecule has 0 saturated heterocycles. The molecule has 0 aliphatic heterocycles. The molecule has 0 radical (unpaired) electrons. The molecule has 4 heteroatoms. The normalized spacial score (nSPS) is 9.93. The summed E-state index contributed by atoms with van der Waals surface area (Å²) < 4.78 is 5.03. The van der Waals surface area contributed by atoms with Gasteiger partial charge in [-0.3, -0.25) is 9.78 Å². The fourth-order valence-corrected chi connectivity index (χ4v) is 1.63. The summed E-state index contributed by atoms with van der Waals surface area (Å²) in [6.45, 7) is 2.60. The molecule has 1 aromatic heterocycles. The van der Waals surface area contributed by atoms with Gasteiger partial charge < -0.3 is 4.74 Å². The van der Waals surface area contributed by atoms with E-state index in [1.165, 1.54) is 11.8 Å². The summed E-state index contributed by atoms with van der Waals surface area (Å²) in [6, 6.07) is 3.76. The predicted molar refractivity (Wildman–Crippen MR) is 60.8 cm³/mol. The van der Waals surface area contributed by atoms with Crippen LogP contribution in [-0.2, 0) is 9.53 Å². The van der Waals surface area contributed by atoms with E-state index in [0.717, 1.165) is 17.7 Å². The minimum absolute atomic E-state index is 0.148. The zero-order valence-electron chi connectivity index (χ0n) is 8.81. The molecule has 1 aromatic rings. The first-order chi connectivity index (χ1) is 7.33. The zero-order valence-corrected chi connectivity index (χ0v) is 9.63. The first kappa shape index (κ1) is 12.0. The lowest BCUT2D eigenvalue weighted by atomic mass is 10.4. The van der Waals surface area contributed by atoms with Crippen LogP contribution in [-0.4, -0.2) is 23.3 Å². The Morgan fingerprint density at radius 2 is 2.20 bits per heavy atom. The van der Waals surface area contributed by atoms with Gasteiger partial charge >= 0.3 is 5.97 Å². The molecule has 3 nitrogen and oxygen atoms in total. The Kier molecular flexibility index (Phi) is 5.85. The quantitative estimate of drug-likeness (QED) is 0.423. The Labute approximate surface area is 94.2 Å². The van der Waals surface area contributed by atoms with Gasteiger partial charge in [0, 0.05) is 17.3 Å². The van der Waals surface area contributed by atoms with Crippen LogP contribution in [0, 0.1) is 0 Å². The molecule has 0 amide bonds. The summed E-state index contributed by atoms with van der Waals surface area (Å²) in [5.74, 6) is 0.221. The van der Waals surface area contributed by atoms with Crippen LogP contribution < -0.4 is 0 Å². The lowest BCUT2D eigenvalue weighted by Crippen LogP contribution is -2.08. The standard InChI is InChI=1S/C11H15NO2S/c1-2-3-8-14-11(13)9-15-10-4-6-12-7-5-10/h4-7H,2-3,8-9H2,1H3. The smallest absolute Gasteiger partial charge is 0.316 e. The second kappa shape index (κ2) is 7.29. The van der Waals surface area contributed by atoms with Gasteiger partial charge in [-0.25, -0.2) is 0 Å². The summed E-state index contributed by atoms with van der Waals surface area (Å²) in [4.78, 5) is 16.2. The van der Waals surface area contributed by atoms with Crippen molar-refractivity contribution in [2.45, 2.75) is 24.7 Å². The topological polar surface area (TPSA) is 39.2 Å². The third-order valence-corrected chi connectivity index (χ3v) is 2.75. The maximum atomic E-state index is 11.2. The highest BCUT2D eigenvalue weighted by molar-refractivity contribution is 8.00. The number of pyridine rings is 1. The van der Waals surface area contributed by atoms with Gasteiger partial charge in [-0.05, 0) is 18.6 Å². The Bertz CT molecular complexity index is 290. The first-order valence-electron chi connectivity index (χ1n) is 5.01. The Morgan fingerprint density at radius 3 is 2.87 bits per heavy atom. The molecule has 0 fully saturated rings. The fraction of sp³-hybridized carbons (Fsp3) is 0.455. The molecule has 0 unspecified atom stereocenters. The van der Waals surface area contributed by atoms with E-state index in [2.05, 4.69) is 11.9 Å². The van der Waals surface area contributed by atoms with Gasteiger partial charge in [-0.15, -0.1) is 11.8 Å². The van der Waals surface area contributed by atoms with Crippen LogP contribution in [0.2, 0.25) is 0 Å². The molecule has 82 valence electrons. The lowest BCUT2D eigenvalue weighted by Gasteiger charge is -2.03. The minimum atomic E-state index is -0.148. The van der Waals surface area contributed by atoms with Crippen LogP contribution >= 0.6 is 11.8 Å². The van der Waals surface area contributed by atoms with E-state index < -0.39 is 0 Å². The van der Waals surface area contributed by atoms with Crippen LogP contribution in [0.25, 0.3) is 0 Å². The second-order valence-corrected chi connectivity index (χ2v) is 4.09. The van der Waals surface area contributed by atoms with Crippen molar-refractivity contribution in [2.75, 3.05) is 12.4 Å². The molecule has 0 N–H and O–H groups in total. The molecule has 0 aliphatic carbocycles. The summed E-state index contributed by atoms with van der Waals surface area (Å²) >= 11 is 1.47. The number of esters is 1. The van der Waals surface area contributed by atoms with Gasteiger partial charge in [0.15, 0.2) is 0 Å². The molecule has 0 aromatic carbocycles. The van der Waals surface area contributed by atoms with Crippen molar-refractivity contribution in [1.29, 1.82) is 0 Å². The second-order valence-electron chi connectivity index (χ2n) is 3.05. The van der Waals surface area contributed by atoms with Crippen molar-refractivity contribution in [1.82, 2.24) is 4.98 Å². The largest absolute Gasteiger partial charge is 0.465 e. The fourth-order valence-electron chi connectivity index (χ4n) is 0.949. The van der Waals surface area contributed by atoms with Crippen LogP contribution in [0.1, 0.15) is 19.8 Å². The van der Waals surface area contributed by atoms with Crippen LogP contribution in [0.5, 0.6) is 0 Å². The molecule has 1 rings (SSSR count). The van der Waals surface area contributed by atoms with Gasteiger partial charge in [-0.2, -0.15) is 0 Å². The molecule has 0 aliphatic rings. The van der Waals surface area contributed by atoms with Crippen molar-refractivity contribution < 1.29 is 9.53 Å². The van der Waals surface area contributed by atoms with Crippen molar-refractivity contribution in [2.24, 2.45) is 0 Å². The Balaban J connectivity index is 2.17. The van der Waals surface area contributed by atoms with E-state index in [4.69, 9.17) is 4.74 Å². The Morgan fingerprint density at radius 1 is 1.47 bits per heavy atom. The van der Waals surface area contributed by atoms with Crippen LogP contribution in [0.4, 0.5) is 0 Å². The van der Waals surface area contributed by atoms with E-state index in [-0.39, 0.29) is 5.97 Å². The zero-order chi connectivity index (χ0) is 10.9. The van der Waals surface area contributed by atoms with E-state index in [1.807, 2.05) is 12.1 Å². The number of rotatable bonds is 6. The van der Waals surface area contributed by atoms with Gasteiger partial charge in [-0.1, -0.05) is 13.3 Å². The number of ether oxygens (including phenoxy) is 1. The first-order valence-corrected chi connectivity index (χ1v) is 6.00. The number of thioether (sulfide) groups is 1. The number of aromatic nitrogens is 1. The third-order valence-electron chi connectivity index (χ3n) is 1.77. The molecule has 0 spiro atoms.